The van der Waals surface area contributed by atoms with E-state index in [0.29, 0.717) is 22.0 Å². The zero-order chi connectivity index (χ0) is 23.3. The van der Waals surface area contributed by atoms with Crippen molar-refractivity contribution in [2.24, 2.45) is 0 Å². The molecule has 1 aliphatic heterocycles. The van der Waals surface area contributed by atoms with E-state index < -0.39 is 17.7 Å². The van der Waals surface area contributed by atoms with Crippen molar-refractivity contribution in [3.05, 3.63) is 63.0 Å². The molecule has 1 aliphatic rings. The highest BCUT2D eigenvalue weighted by Crippen LogP contribution is 2.34. The fourth-order valence-electron chi connectivity index (χ4n) is 2.71. The molecule has 0 spiro atoms. The normalized spacial score (nSPS) is 14.5. The third-order valence-corrected chi connectivity index (χ3v) is 6.21. The van der Waals surface area contributed by atoms with E-state index in [1.54, 1.807) is 48.5 Å². The van der Waals surface area contributed by atoms with Crippen LogP contribution in [0.5, 0.6) is 11.5 Å². The van der Waals surface area contributed by atoms with Crippen LogP contribution >= 0.6 is 39.9 Å². The summed E-state index contributed by atoms with van der Waals surface area (Å²) in [5.74, 6) is -0.371. The molecule has 3 rings (SSSR count). The van der Waals surface area contributed by atoms with Crippen molar-refractivity contribution in [1.82, 2.24) is 15.8 Å². The molecule has 2 N–H and O–H groups in total. The van der Waals surface area contributed by atoms with Crippen molar-refractivity contribution in [3.8, 4) is 11.5 Å². The van der Waals surface area contributed by atoms with Crippen LogP contribution in [0.3, 0.4) is 0 Å². The molecule has 11 heteroatoms. The van der Waals surface area contributed by atoms with E-state index in [2.05, 4.69) is 26.8 Å². The highest BCUT2D eigenvalue weighted by molar-refractivity contribution is 9.10. The largest absolute Gasteiger partial charge is 0.493 e. The molecule has 0 aliphatic carbocycles. The van der Waals surface area contributed by atoms with Crippen molar-refractivity contribution in [2.75, 3.05) is 20.8 Å². The van der Waals surface area contributed by atoms with Crippen LogP contribution in [0.25, 0.3) is 6.08 Å². The van der Waals surface area contributed by atoms with Crippen LogP contribution in [0.2, 0.25) is 0 Å². The Balaban J connectivity index is 1.62. The maximum absolute atomic E-state index is 12.7. The molecule has 1 fully saturated rings. The van der Waals surface area contributed by atoms with Crippen molar-refractivity contribution < 1.29 is 23.9 Å². The molecule has 0 saturated carbocycles. The van der Waals surface area contributed by atoms with Crippen molar-refractivity contribution >= 4 is 68.0 Å². The van der Waals surface area contributed by atoms with E-state index in [1.807, 2.05) is 0 Å². The number of carbonyl (C=O) groups is 3. The zero-order valence-electron chi connectivity index (χ0n) is 17.0. The fourth-order valence-corrected chi connectivity index (χ4v) is 4.23. The summed E-state index contributed by atoms with van der Waals surface area (Å²) in [6.07, 6.45) is 1.66. The quantitative estimate of drug-likeness (QED) is 0.333. The summed E-state index contributed by atoms with van der Waals surface area (Å²) in [4.78, 5) is 38.6. The molecule has 0 unspecified atom stereocenters. The minimum Gasteiger partial charge on any atom is -0.493 e. The molecule has 2 aromatic rings. The highest BCUT2D eigenvalue weighted by atomic mass is 79.9. The Morgan fingerprint density at radius 3 is 2.44 bits per heavy atom. The third-order valence-electron chi connectivity index (χ3n) is 4.30. The van der Waals surface area contributed by atoms with Gasteiger partial charge < -0.3 is 9.47 Å². The maximum Gasteiger partial charge on any atom is 0.269 e. The summed E-state index contributed by atoms with van der Waals surface area (Å²) >= 11 is 9.63. The van der Waals surface area contributed by atoms with E-state index in [9.17, 15) is 14.4 Å². The van der Waals surface area contributed by atoms with E-state index in [1.165, 1.54) is 19.1 Å². The molecule has 166 valence electrons. The molecule has 0 bridgehead atoms. The summed E-state index contributed by atoms with van der Waals surface area (Å²) in [6.45, 7) is -0.325. The number of thiocarbonyl (C=S) groups is 1. The summed E-state index contributed by atoms with van der Waals surface area (Å²) in [5.41, 5.74) is 5.70. The second kappa shape index (κ2) is 10.6. The molecule has 2 aromatic carbocycles. The maximum atomic E-state index is 12.7. The van der Waals surface area contributed by atoms with Gasteiger partial charge in [-0.15, -0.1) is 0 Å². The van der Waals surface area contributed by atoms with Gasteiger partial charge in [0.15, 0.2) is 11.5 Å². The Hall–Kier alpha value is -2.89. The zero-order valence-corrected chi connectivity index (χ0v) is 20.2. The highest BCUT2D eigenvalue weighted by Gasteiger charge is 2.33. The van der Waals surface area contributed by atoms with Gasteiger partial charge in [0.2, 0.25) is 0 Å². The number of hydrazine groups is 1. The Kier molecular flexibility index (Phi) is 7.89. The summed E-state index contributed by atoms with van der Waals surface area (Å²) in [7, 11) is 3.06. The Labute approximate surface area is 202 Å². The van der Waals surface area contributed by atoms with Gasteiger partial charge in [-0.25, -0.2) is 0 Å². The van der Waals surface area contributed by atoms with Gasteiger partial charge in [0, 0.05) is 10.0 Å². The van der Waals surface area contributed by atoms with E-state index in [0.717, 1.165) is 21.8 Å². The summed E-state index contributed by atoms with van der Waals surface area (Å²) in [5, 5.41) is 0. The molecule has 32 heavy (non-hydrogen) atoms. The van der Waals surface area contributed by atoms with Gasteiger partial charge in [-0.1, -0.05) is 46.0 Å². The van der Waals surface area contributed by atoms with Crippen molar-refractivity contribution in [2.45, 2.75) is 0 Å². The molecule has 1 saturated heterocycles. The number of benzene rings is 2. The number of carbonyl (C=O) groups excluding carboxylic acids is 3. The lowest BCUT2D eigenvalue weighted by molar-refractivity contribution is -0.129. The lowest BCUT2D eigenvalue weighted by Crippen LogP contribution is -2.47. The molecule has 8 nitrogen and oxygen atoms in total. The van der Waals surface area contributed by atoms with E-state index >= 15 is 0 Å². The lowest BCUT2D eigenvalue weighted by atomic mass is 10.2. The molecule has 1 heterocycles. The second-order valence-corrected chi connectivity index (χ2v) is 8.98. The van der Waals surface area contributed by atoms with Gasteiger partial charge in [-0.2, -0.15) is 0 Å². The summed E-state index contributed by atoms with van der Waals surface area (Å²) < 4.78 is 11.6. The molecule has 3 amide bonds. The predicted octanol–water partition coefficient (Wildman–Crippen LogP) is 3.13. The number of hydrogen-bond acceptors (Lipinski definition) is 7. The Morgan fingerprint density at radius 2 is 1.78 bits per heavy atom. The molecule has 0 aromatic heterocycles. The number of methoxy groups -OCH3 is 2. The number of nitrogens with zero attached hydrogens (tertiary/aromatic N) is 1. The van der Waals surface area contributed by atoms with Crippen LogP contribution in [-0.4, -0.2) is 47.7 Å². The van der Waals surface area contributed by atoms with Crippen LogP contribution in [-0.2, 0) is 9.59 Å². The first-order valence-electron chi connectivity index (χ1n) is 9.14. The van der Waals surface area contributed by atoms with E-state index in [4.69, 9.17) is 21.7 Å². The summed E-state index contributed by atoms with van der Waals surface area (Å²) in [6, 6.07) is 11.9. The Morgan fingerprint density at radius 1 is 1.09 bits per heavy atom. The van der Waals surface area contributed by atoms with Gasteiger partial charge in [-0.3, -0.25) is 30.1 Å². The smallest absolute Gasteiger partial charge is 0.269 e. The first-order valence-corrected chi connectivity index (χ1v) is 11.2. The van der Waals surface area contributed by atoms with Gasteiger partial charge in [-0.05, 0) is 48.0 Å². The fraction of sp³-hybridized carbons (Fsp3) is 0.143. The Bertz CT molecular complexity index is 1110. The number of rotatable bonds is 6. The monoisotopic (exact) mass is 535 g/mol. The van der Waals surface area contributed by atoms with Crippen molar-refractivity contribution in [1.29, 1.82) is 0 Å². The standard InChI is InChI=1S/C21H18BrN3O5S2/c1-29-15-8-3-12(9-16(15)30-2)10-17-20(28)25(21(31)32-17)11-18(26)23-24-19(27)13-4-6-14(22)7-5-13/h3-10H,11H2,1-2H3,(H,23,26)(H,24,27)/b17-10-. The van der Waals surface area contributed by atoms with Crippen LogP contribution in [0.4, 0.5) is 0 Å². The predicted molar refractivity (Wildman–Crippen MR) is 129 cm³/mol. The molecule has 0 radical (unpaired) electrons. The topological polar surface area (TPSA) is 97.0 Å². The first kappa shape index (κ1) is 23.8. The minimum absolute atomic E-state index is 0.246. The number of thioether (sulfide) groups is 1. The van der Waals surface area contributed by atoms with E-state index in [-0.39, 0.29) is 10.9 Å². The SMILES string of the molecule is COc1ccc(/C=C2\SC(=S)N(CC(=O)NNC(=O)c3ccc(Br)cc3)C2=O)cc1OC. The van der Waals surface area contributed by atoms with Crippen LogP contribution in [0, 0.1) is 0 Å². The first-order chi connectivity index (χ1) is 15.3. The van der Waals surface area contributed by atoms with Gasteiger partial charge in [0.1, 0.15) is 10.9 Å². The molecular weight excluding hydrogens is 518 g/mol. The number of ether oxygens (including phenoxy) is 2. The van der Waals surface area contributed by atoms with Gasteiger partial charge in [0.25, 0.3) is 17.7 Å². The van der Waals surface area contributed by atoms with Crippen LogP contribution in [0.15, 0.2) is 51.8 Å². The molecular formula is C21H18BrN3O5S2. The lowest BCUT2D eigenvalue weighted by Gasteiger charge is -2.14. The van der Waals surface area contributed by atoms with Crippen molar-refractivity contribution in [3.63, 3.8) is 0 Å². The molecule has 0 atom stereocenters. The number of amides is 3. The van der Waals surface area contributed by atoms with Crippen LogP contribution in [0.1, 0.15) is 15.9 Å². The van der Waals surface area contributed by atoms with Gasteiger partial charge >= 0.3 is 0 Å². The number of halogens is 1. The average Bonchev–Trinajstić information content (AvgIpc) is 3.05. The average molecular weight is 536 g/mol. The number of nitrogens with one attached hydrogen (secondary N) is 2. The third kappa shape index (κ3) is 5.67. The van der Waals surface area contributed by atoms with Crippen LogP contribution < -0.4 is 20.3 Å². The van der Waals surface area contributed by atoms with Gasteiger partial charge in [0.05, 0.1) is 19.1 Å². The second-order valence-electron chi connectivity index (χ2n) is 6.39. The number of hydrogen-bond donors (Lipinski definition) is 2. The minimum atomic E-state index is -0.584.